The molecule has 2 aromatic rings. The average molecular weight is 358 g/mol. The summed E-state index contributed by atoms with van der Waals surface area (Å²) in [6.45, 7) is 8.87. The number of methoxy groups -OCH3 is 1. The van der Waals surface area contributed by atoms with Crippen LogP contribution in [-0.4, -0.2) is 59.1 Å². The lowest BCUT2D eigenvalue weighted by Gasteiger charge is -2.37. The van der Waals surface area contributed by atoms with Crippen molar-refractivity contribution in [1.29, 1.82) is 0 Å². The van der Waals surface area contributed by atoms with Gasteiger partial charge in [-0.2, -0.15) is 4.98 Å². The van der Waals surface area contributed by atoms with E-state index in [1.54, 1.807) is 7.11 Å². The molecule has 7 nitrogen and oxygen atoms in total. The smallest absolute Gasteiger partial charge is 0.243 e. The molecule has 26 heavy (non-hydrogen) atoms. The van der Waals surface area contributed by atoms with E-state index in [2.05, 4.69) is 22.0 Å². The predicted octanol–water partition coefficient (Wildman–Crippen LogP) is 2.14. The van der Waals surface area contributed by atoms with E-state index in [9.17, 15) is 4.79 Å². The molecule has 1 fully saturated rings. The normalized spacial score (nSPS) is 16.5. The number of benzene rings is 1. The molecule has 0 radical (unpaired) electrons. The lowest BCUT2D eigenvalue weighted by Crippen LogP contribution is -2.49. The Hall–Kier alpha value is -2.41. The van der Waals surface area contributed by atoms with Crippen molar-refractivity contribution in [2.75, 3.05) is 33.3 Å². The first kappa shape index (κ1) is 18.4. The summed E-state index contributed by atoms with van der Waals surface area (Å²) < 4.78 is 10.7. The van der Waals surface area contributed by atoms with Crippen molar-refractivity contribution >= 4 is 5.91 Å². The highest BCUT2D eigenvalue weighted by Gasteiger charge is 2.27. The average Bonchev–Trinajstić information content (AvgIpc) is 3.08. The Bertz CT molecular complexity index is 766. The van der Waals surface area contributed by atoms with E-state index in [0.29, 0.717) is 31.2 Å². The minimum absolute atomic E-state index is 0.0605. The van der Waals surface area contributed by atoms with Gasteiger partial charge in [0, 0.05) is 31.7 Å². The van der Waals surface area contributed by atoms with Gasteiger partial charge in [0.25, 0.3) is 0 Å². The van der Waals surface area contributed by atoms with Crippen molar-refractivity contribution < 1.29 is 14.1 Å². The van der Waals surface area contributed by atoms with Crippen LogP contribution in [-0.2, 0) is 11.2 Å². The summed E-state index contributed by atoms with van der Waals surface area (Å²) in [7, 11) is 1.64. The van der Waals surface area contributed by atoms with E-state index >= 15 is 0 Å². The van der Waals surface area contributed by atoms with Gasteiger partial charge in [0.1, 0.15) is 5.75 Å². The Balaban J connectivity index is 1.58. The maximum absolute atomic E-state index is 12.7. The van der Waals surface area contributed by atoms with E-state index in [0.717, 1.165) is 30.0 Å². The van der Waals surface area contributed by atoms with E-state index in [1.165, 1.54) is 0 Å². The van der Waals surface area contributed by atoms with Crippen LogP contribution in [0.25, 0.3) is 0 Å². The van der Waals surface area contributed by atoms with Crippen molar-refractivity contribution in [3.05, 3.63) is 41.0 Å². The molecule has 140 valence electrons. The summed E-state index contributed by atoms with van der Waals surface area (Å²) in [5.74, 6) is 2.18. The third kappa shape index (κ3) is 4.04. The van der Waals surface area contributed by atoms with Gasteiger partial charge in [0.15, 0.2) is 5.82 Å². The van der Waals surface area contributed by atoms with Gasteiger partial charge in [0.05, 0.1) is 19.6 Å². The zero-order valence-corrected chi connectivity index (χ0v) is 15.9. The van der Waals surface area contributed by atoms with Gasteiger partial charge in [-0.15, -0.1) is 0 Å². The lowest BCUT2D eigenvalue weighted by atomic mass is 10.1. The second-order valence-corrected chi connectivity index (χ2v) is 6.76. The van der Waals surface area contributed by atoms with Gasteiger partial charge in [0.2, 0.25) is 11.8 Å². The van der Waals surface area contributed by atoms with Crippen LogP contribution >= 0.6 is 0 Å². The van der Waals surface area contributed by atoms with Crippen LogP contribution in [0.5, 0.6) is 5.75 Å². The van der Waals surface area contributed by atoms with Crippen molar-refractivity contribution in [3.63, 3.8) is 0 Å². The second kappa shape index (κ2) is 7.86. The molecule has 7 heteroatoms. The number of hydrogen-bond acceptors (Lipinski definition) is 6. The number of amides is 1. The first-order valence-corrected chi connectivity index (χ1v) is 8.93. The zero-order valence-electron chi connectivity index (χ0n) is 15.9. The van der Waals surface area contributed by atoms with Crippen LogP contribution in [0.2, 0.25) is 0 Å². The topological polar surface area (TPSA) is 71.7 Å². The number of nitrogens with zero attached hydrogens (tertiary/aromatic N) is 4. The van der Waals surface area contributed by atoms with Crippen LogP contribution in [0.1, 0.15) is 35.8 Å². The monoisotopic (exact) mass is 358 g/mol. The van der Waals surface area contributed by atoms with Crippen molar-refractivity contribution in [1.82, 2.24) is 19.9 Å². The highest BCUT2D eigenvalue weighted by molar-refractivity contribution is 5.79. The molecular weight excluding hydrogens is 332 g/mol. The van der Waals surface area contributed by atoms with Gasteiger partial charge >= 0.3 is 0 Å². The summed E-state index contributed by atoms with van der Waals surface area (Å²) in [5.41, 5.74) is 2.07. The summed E-state index contributed by atoms with van der Waals surface area (Å²) in [6, 6.07) is 5.99. The fourth-order valence-corrected chi connectivity index (χ4v) is 3.32. The molecule has 1 unspecified atom stereocenters. The number of aromatic nitrogens is 2. The number of aryl methyl sites for hydroxylation is 2. The number of ether oxygens (including phenoxy) is 1. The molecule has 3 rings (SSSR count). The van der Waals surface area contributed by atoms with Crippen LogP contribution < -0.4 is 4.74 Å². The van der Waals surface area contributed by atoms with Crippen molar-refractivity contribution in [2.24, 2.45) is 0 Å². The zero-order chi connectivity index (χ0) is 18.7. The first-order chi connectivity index (χ1) is 12.5. The SMILES string of the molecule is COc1ccc(C)cc1CC(=O)N1CCN(C(C)c2nc(C)no2)CC1. The molecule has 0 bridgehead atoms. The maximum Gasteiger partial charge on any atom is 0.243 e. The first-order valence-electron chi connectivity index (χ1n) is 8.93. The van der Waals surface area contributed by atoms with Crippen molar-refractivity contribution in [3.8, 4) is 5.75 Å². The number of rotatable bonds is 5. The molecule has 1 aliphatic heterocycles. The Labute approximate surface area is 153 Å². The molecule has 1 aromatic carbocycles. The molecule has 1 aliphatic rings. The fourth-order valence-electron chi connectivity index (χ4n) is 3.32. The summed E-state index contributed by atoms with van der Waals surface area (Å²) in [5, 5.41) is 3.86. The molecule has 0 N–H and O–H groups in total. The molecular formula is C19H26N4O3. The van der Waals surface area contributed by atoms with Crippen LogP contribution in [0, 0.1) is 13.8 Å². The molecule has 0 spiro atoms. The fraction of sp³-hybridized carbons (Fsp3) is 0.526. The predicted molar refractivity (Wildman–Crippen MR) is 97.0 cm³/mol. The largest absolute Gasteiger partial charge is 0.496 e. The highest BCUT2D eigenvalue weighted by atomic mass is 16.5. The number of piperazine rings is 1. The number of hydrogen-bond donors (Lipinski definition) is 0. The van der Waals surface area contributed by atoms with Crippen LogP contribution in [0.3, 0.4) is 0 Å². The van der Waals surface area contributed by atoms with Crippen molar-refractivity contribution in [2.45, 2.75) is 33.2 Å². The third-order valence-corrected chi connectivity index (χ3v) is 4.89. The molecule has 2 heterocycles. The van der Waals surface area contributed by atoms with Gasteiger partial charge in [-0.25, -0.2) is 0 Å². The lowest BCUT2D eigenvalue weighted by molar-refractivity contribution is -0.132. The minimum atomic E-state index is 0.0605. The molecule has 0 aliphatic carbocycles. The highest BCUT2D eigenvalue weighted by Crippen LogP contribution is 2.23. The minimum Gasteiger partial charge on any atom is -0.496 e. The van der Waals surface area contributed by atoms with E-state index in [4.69, 9.17) is 9.26 Å². The second-order valence-electron chi connectivity index (χ2n) is 6.76. The van der Waals surface area contributed by atoms with Gasteiger partial charge < -0.3 is 14.2 Å². The van der Waals surface area contributed by atoms with E-state index in [-0.39, 0.29) is 11.9 Å². The molecule has 1 atom stereocenters. The molecule has 0 saturated carbocycles. The molecule has 1 aromatic heterocycles. The Morgan fingerprint density at radius 3 is 2.62 bits per heavy atom. The summed E-state index contributed by atoms with van der Waals surface area (Å²) in [6.07, 6.45) is 0.364. The van der Waals surface area contributed by atoms with Gasteiger partial charge in [-0.1, -0.05) is 22.9 Å². The number of carbonyl (C=O) groups excluding carboxylic acids is 1. The Morgan fingerprint density at radius 1 is 1.27 bits per heavy atom. The molecule has 1 amide bonds. The van der Waals surface area contributed by atoms with Gasteiger partial charge in [-0.05, 0) is 26.8 Å². The quantitative estimate of drug-likeness (QED) is 0.815. The van der Waals surface area contributed by atoms with E-state index in [1.807, 2.05) is 36.9 Å². The van der Waals surface area contributed by atoms with Crippen LogP contribution in [0.15, 0.2) is 22.7 Å². The molecule has 1 saturated heterocycles. The Morgan fingerprint density at radius 2 is 2.00 bits per heavy atom. The van der Waals surface area contributed by atoms with Crippen LogP contribution in [0.4, 0.5) is 0 Å². The Kier molecular flexibility index (Phi) is 5.56. The third-order valence-electron chi connectivity index (χ3n) is 4.89. The summed E-state index contributed by atoms with van der Waals surface area (Å²) >= 11 is 0. The van der Waals surface area contributed by atoms with Gasteiger partial charge in [-0.3, -0.25) is 9.69 Å². The van der Waals surface area contributed by atoms with E-state index < -0.39 is 0 Å². The standard InChI is InChI=1S/C19H26N4O3/c1-13-5-6-17(25-4)16(11-13)12-18(24)23-9-7-22(8-10-23)14(2)19-20-15(3)21-26-19/h5-6,11,14H,7-10,12H2,1-4H3. The maximum atomic E-state index is 12.7. The summed E-state index contributed by atoms with van der Waals surface area (Å²) in [4.78, 5) is 21.2. The number of carbonyl (C=O) groups is 1.